The van der Waals surface area contributed by atoms with Crippen LogP contribution in [0.25, 0.3) is 10.3 Å². The molecule has 0 spiro atoms. The third-order valence-corrected chi connectivity index (χ3v) is 6.18. The van der Waals surface area contributed by atoms with E-state index in [0.29, 0.717) is 47.0 Å². The average Bonchev–Trinajstić information content (AvgIpc) is 3.18. The quantitative estimate of drug-likeness (QED) is 0.655. The molecule has 0 unspecified atom stereocenters. The number of carbonyl (C=O) groups is 1. The first-order valence-electron chi connectivity index (χ1n) is 9.34. The SMILES string of the molecule is O=C(NCc1ccc(C(F)(F)F)cc1)C1CCN(c2nc3nc[nH]c(=O)c3s2)CC1. The maximum absolute atomic E-state index is 12.6. The number of hydrogen-bond donors (Lipinski definition) is 2. The molecular formula is C19H18F3N5O2S. The molecule has 30 heavy (non-hydrogen) atoms. The summed E-state index contributed by atoms with van der Waals surface area (Å²) in [6.07, 6.45) is -1.80. The highest BCUT2D eigenvalue weighted by Crippen LogP contribution is 2.30. The van der Waals surface area contributed by atoms with Crippen LogP contribution in [0, 0.1) is 5.92 Å². The lowest BCUT2D eigenvalue weighted by atomic mass is 9.96. The van der Waals surface area contributed by atoms with Crippen molar-refractivity contribution in [3.05, 3.63) is 52.1 Å². The highest BCUT2D eigenvalue weighted by Gasteiger charge is 2.30. The number of H-pyrrole nitrogens is 1. The smallest absolute Gasteiger partial charge is 0.352 e. The fourth-order valence-corrected chi connectivity index (χ4v) is 4.34. The summed E-state index contributed by atoms with van der Waals surface area (Å²) in [5.74, 6) is -0.288. The molecule has 0 radical (unpaired) electrons. The number of hydrogen-bond acceptors (Lipinski definition) is 6. The van der Waals surface area contributed by atoms with Crippen LogP contribution in [0.15, 0.2) is 35.4 Å². The van der Waals surface area contributed by atoms with Crippen LogP contribution in [0.5, 0.6) is 0 Å². The molecule has 158 valence electrons. The molecule has 3 aromatic rings. The van der Waals surface area contributed by atoms with Crippen molar-refractivity contribution >= 4 is 32.7 Å². The molecule has 2 N–H and O–H groups in total. The Balaban J connectivity index is 1.30. The van der Waals surface area contributed by atoms with Gasteiger partial charge in [0.1, 0.15) is 4.70 Å². The van der Waals surface area contributed by atoms with Crippen molar-refractivity contribution in [2.24, 2.45) is 5.92 Å². The predicted molar refractivity (Wildman–Crippen MR) is 106 cm³/mol. The standard InChI is InChI=1S/C19H18F3N5O2S/c20-19(21,22)13-3-1-11(2-4-13)9-23-16(28)12-5-7-27(8-6-12)18-26-15-14(30-18)17(29)25-10-24-15/h1-4,10,12H,5-9H2,(H,23,28)(H,24,25,29). The van der Waals surface area contributed by atoms with Crippen LogP contribution in [0.3, 0.4) is 0 Å². The predicted octanol–water partition coefficient (Wildman–Crippen LogP) is 2.93. The van der Waals surface area contributed by atoms with Crippen molar-refractivity contribution < 1.29 is 18.0 Å². The Morgan fingerprint density at radius 3 is 2.57 bits per heavy atom. The Bertz CT molecular complexity index is 1100. The Morgan fingerprint density at radius 1 is 1.23 bits per heavy atom. The number of rotatable bonds is 4. The number of halogens is 3. The molecule has 1 saturated heterocycles. The van der Waals surface area contributed by atoms with Gasteiger partial charge < -0.3 is 15.2 Å². The lowest BCUT2D eigenvalue weighted by molar-refractivity contribution is -0.137. The van der Waals surface area contributed by atoms with Gasteiger partial charge in [0.15, 0.2) is 10.8 Å². The number of alkyl halides is 3. The minimum Gasteiger partial charge on any atom is -0.352 e. The van der Waals surface area contributed by atoms with Gasteiger partial charge in [0.05, 0.1) is 11.9 Å². The zero-order valence-corrected chi connectivity index (χ0v) is 16.5. The zero-order chi connectivity index (χ0) is 21.3. The topological polar surface area (TPSA) is 91.0 Å². The molecular weight excluding hydrogens is 419 g/mol. The first-order chi connectivity index (χ1) is 14.3. The van der Waals surface area contributed by atoms with E-state index in [0.717, 1.165) is 12.1 Å². The van der Waals surface area contributed by atoms with E-state index in [1.807, 2.05) is 4.90 Å². The molecule has 0 aliphatic carbocycles. The molecule has 1 aliphatic rings. The van der Waals surface area contributed by atoms with Gasteiger partial charge in [-0.25, -0.2) is 4.98 Å². The maximum atomic E-state index is 12.6. The molecule has 7 nitrogen and oxygen atoms in total. The first-order valence-corrected chi connectivity index (χ1v) is 10.2. The van der Waals surface area contributed by atoms with Gasteiger partial charge in [-0.2, -0.15) is 18.2 Å². The summed E-state index contributed by atoms with van der Waals surface area (Å²) in [7, 11) is 0. The number of carbonyl (C=O) groups excluding carboxylic acids is 1. The van der Waals surface area contributed by atoms with E-state index in [-0.39, 0.29) is 23.9 Å². The number of aromatic nitrogens is 3. The van der Waals surface area contributed by atoms with Gasteiger partial charge >= 0.3 is 6.18 Å². The van der Waals surface area contributed by atoms with Crippen molar-refractivity contribution in [3.8, 4) is 0 Å². The third kappa shape index (κ3) is 4.30. The van der Waals surface area contributed by atoms with E-state index in [9.17, 15) is 22.8 Å². The monoisotopic (exact) mass is 437 g/mol. The second kappa shape index (κ2) is 8.05. The van der Waals surface area contributed by atoms with Gasteiger partial charge in [-0.15, -0.1) is 0 Å². The van der Waals surface area contributed by atoms with Crippen molar-refractivity contribution in [2.45, 2.75) is 25.6 Å². The third-order valence-electron chi connectivity index (χ3n) is 5.07. The van der Waals surface area contributed by atoms with Crippen LogP contribution >= 0.6 is 11.3 Å². The van der Waals surface area contributed by atoms with Crippen LogP contribution in [0.2, 0.25) is 0 Å². The van der Waals surface area contributed by atoms with Gasteiger partial charge in [0.25, 0.3) is 5.56 Å². The lowest BCUT2D eigenvalue weighted by Gasteiger charge is -2.31. The summed E-state index contributed by atoms with van der Waals surface area (Å²) in [6, 6.07) is 4.76. The van der Waals surface area contributed by atoms with Crippen molar-refractivity contribution in [1.29, 1.82) is 0 Å². The number of thiazole rings is 1. The number of fused-ring (bicyclic) bond motifs is 1. The van der Waals surface area contributed by atoms with E-state index in [4.69, 9.17) is 0 Å². The van der Waals surface area contributed by atoms with Crippen LogP contribution < -0.4 is 15.8 Å². The van der Waals surface area contributed by atoms with Gasteiger partial charge in [-0.1, -0.05) is 23.5 Å². The van der Waals surface area contributed by atoms with E-state index in [1.54, 1.807) is 0 Å². The Labute approximate surface area is 173 Å². The Hall–Kier alpha value is -2.95. The normalized spacial score (nSPS) is 15.5. The number of nitrogens with one attached hydrogen (secondary N) is 2. The number of aromatic amines is 1. The molecule has 1 fully saturated rings. The number of anilines is 1. The summed E-state index contributed by atoms with van der Waals surface area (Å²) in [4.78, 5) is 37.3. The highest BCUT2D eigenvalue weighted by molar-refractivity contribution is 7.22. The molecule has 1 amide bonds. The minimum atomic E-state index is -4.37. The van der Waals surface area contributed by atoms with Crippen LogP contribution in [0.1, 0.15) is 24.0 Å². The fraction of sp³-hybridized carbons (Fsp3) is 0.368. The fourth-order valence-electron chi connectivity index (χ4n) is 3.37. The highest BCUT2D eigenvalue weighted by atomic mass is 32.1. The molecule has 1 aromatic carbocycles. The molecule has 2 aromatic heterocycles. The number of amides is 1. The van der Waals surface area contributed by atoms with Crippen molar-refractivity contribution in [2.75, 3.05) is 18.0 Å². The van der Waals surface area contributed by atoms with Crippen LogP contribution in [-0.4, -0.2) is 33.9 Å². The molecule has 3 heterocycles. The number of nitrogens with zero attached hydrogens (tertiary/aromatic N) is 3. The minimum absolute atomic E-state index is 0.114. The molecule has 0 saturated carbocycles. The second-order valence-electron chi connectivity index (χ2n) is 7.05. The summed E-state index contributed by atoms with van der Waals surface area (Å²) in [5, 5.41) is 3.51. The zero-order valence-electron chi connectivity index (χ0n) is 15.7. The van der Waals surface area contributed by atoms with Gasteiger partial charge in [0.2, 0.25) is 5.91 Å². The second-order valence-corrected chi connectivity index (χ2v) is 8.03. The summed E-state index contributed by atoms with van der Waals surface area (Å²) in [6.45, 7) is 1.43. The Morgan fingerprint density at radius 2 is 1.93 bits per heavy atom. The van der Waals surface area contributed by atoms with E-state index >= 15 is 0 Å². The lowest BCUT2D eigenvalue weighted by Crippen LogP contribution is -2.40. The summed E-state index contributed by atoms with van der Waals surface area (Å²) >= 11 is 1.28. The first kappa shape index (κ1) is 20.3. The van der Waals surface area contributed by atoms with Crippen LogP contribution in [-0.2, 0) is 17.5 Å². The molecule has 1 aliphatic heterocycles. The van der Waals surface area contributed by atoms with Gasteiger partial charge in [-0.3, -0.25) is 9.59 Å². The molecule has 0 bridgehead atoms. The van der Waals surface area contributed by atoms with Gasteiger partial charge in [-0.05, 0) is 30.5 Å². The van der Waals surface area contributed by atoms with Crippen molar-refractivity contribution in [1.82, 2.24) is 20.3 Å². The van der Waals surface area contributed by atoms with Crippen molar-refractivity contribution in [3.63, 3.8) is 0 Å². The largest absolute Gasteiger partial charge is 0.416 e. The van der Waals surface area contributed by atoms with E-state index < -0.39 is 11.7 Å². The van der Waals surface area contributed by atoms with Crippen LogP contribution in [0.4, 0.5) is 18.3 Å². The summed E-state index contributed by atoms with van der Waals surface area (Å²) < 4.78 is 38.3. The molecule has 11 heteroatoms. The average molecular weight is 437 g/mol. The van der Waals surface area contributed by atoms with E-state index in [2.05, 4.69) is 20.3 Å². The van der Waals surface area contributed by atoms with Gasteiger partial charge in [0, 0.05) is 25.6 Å². The number of benzene rings is 1. The Kier molecular flexibility index (Phi) is 5.46. The van der Waals surface area contributed by atoms with E-state index in [1.165, 1.54) is 29.8 Å². The molecule has 0 atom stereocenters. The molecule has 4 rings (SSSR count). The summed E-state index contributed by atoms with van der Waals surface area (Å²) in [5.41, 5.74) is 0.0920. The maximum Gasteiger partial charge on any atom is 0.416 e. The number of piperidine rings is 1.